The van der Waals surface area contributed by atoms with Gasteiger partial charge in [-0.3, -0.25) is 10.1 Å². The number of rotatable bonds is 10. The fraction of sp³-hybridized carbons (Fsp3) is 0.391. The molecular formula is C23H32N2O5SSi. The van der Waals surface area contributed by atoms with E-state index < -0.39 is 35.0 Å². The average molecular weight is 477 g/mol. The lowest BCUT2D eigenvalue weighted by molar-refractivity contribution is -0.387. The number of benzene rings is 2. The monoisotopic (exact) mass is 476 g/mol. The third kappa shape index (κ3) is 5.92. The summed E-state index contributed by atoms with van der Waals surface area (Å²) in [7, 11) is -6.40. The first kappa shape index (κ1) is 25.9. The van der Waals surface area contributed by atoms with E-state index in [0.717, 1.165) is 5.56 Å². The van der Waals surface area contributed by atoms with E-state index in [1.54, 1.807) is 0 Å². The normalized spacial score (nSPS) is 13.7. The van der Waals surface area contributed by atoms with Gasteiger partial charge in [0.05, 0.1) is 17.6 Å². The lowest BCUT2D eigenvalue weighted by Gasteiger charge is -2.38. The van der Waals surface area contributed by atoms with Crippen molar-refractivity contribution in [2.24, 2.45) is 0 Å². The van der Waals surface area contributed by atoms with Gasteiger partial charge < -0.3 is 4.43 Å². The van der Waals surface area contributed by atoms with Crippen LogP contribution in [0.1, 0.15) is 26.3 Å². The molecular weight excluding hydrogens is 444 g/mol. The van der Waals surface area contributed by atoms with Crippen LogP contribution < -0.4 is 0 Å². The number of hydrogen-bond donors (Lipinski definition) is 0. The first-order valence-corrected chi connectivity index (χ1v) is 14.7. The van der Waals surface area contributed by atoms with Gasteiger partial charge in [-0.25, -0.2) is 8.42 Å². The molecule has 7 nitrogen and oxygen atoms in total. The van der Waals surface area contributed by atoms with Crippen LogP contribution >= 0.6 is 0 Å². The van der Waals surface area contributed by atoms with Crippen LogP contribution in [0.2, 0.25) is 18.1 Å². The van der Waals surface area contributed by atoms with Crippen molar-refractivity contribution >= 4 is 24.0 Å². The van der Waals surface area contributed by atoms with E-state index in [2.05, 4.69) is 40.4 Å². The van der Waals surface area contributed by atoms with Crippen LogP contribution in [0, 0.1) is 10.1 Å². The highest BCUT2D eigenvalue weighted by molar-refractivity contribution is 7.89. The summed E-state index contributed by atoms with van der Waals surface area (Å²) in [5, 5.41) is 11.5. The van der Waals surface area contributed by atoms with Gasteiger partial charge in [-0.05, 0) is 29.8 Å². The summed E-state index contributed by atoms with van der Waals surface area (Å²) in [5.74, 6) is 0. The number of nitro benzene ring substituents is 1. The molecule has 0 saturated heterocycles. The molecule has 0 saturated carbocycles. The summed E-state index contributed by atoms with van der Waals surface area (Å²) >= 11 is 0. The Balaban J connectivity index is 2.52. The molecule has 0 spiro atoms. The van der Waals surface area contributed by atoms with E-state index in [0.29, 0.717) is 0 Å². The first-order chi connectivity index (χ1) is 14.8. The van der Waals surface area contributed by atoms with Gasteiger partial charge in [0.2, 0.25) is 0 Å². The molecule has 2 aromatic rings. The highest BCUT2D eigenvalue weighted by Gasteiger charge is 2.40. The van der Waals surface area contributed by atoms with Crippen LogP contribution in [0.3, 0.4) is 0 Å². The number of para-hydroxylation sites is 1. The van der Waals surface area contributed by atoms with Crippen LogP contribution in [0.25, 0.3) is 0 Å². The number of hydrogen-bond acceptors (Lipinski definition) is 5. The van der Waals surface area contributed by atoms with Crippen molar-refractivity contribution in [1.29, 1.82) is 0 Å². The van der Waals surface area contributed by atoms with Crippen molar-refractivity contribution in [1.82, 2.24) is 4.31 Å². The van der Waals surface area contributed by atoms with Crippen molar-refractivity contribution in [2.45, 2.75) is 56.4 Å². The molecule has 0 aliphatic heterocycles. The van der Waals surface area contributed by atoms with Gasteiger partial charge in [0.1, 0.15) is 0 Å². The second kappa shape index (κ2) is 10.1. The Morgan fingerprint density at radius 3 is 2.22 bits per heavy atom. The Bertz CT molecular complexity index is 1050. The predicted molar refractivity (Wildman–Crippen MR) is 129 cm³/mol. The van der Waals surface area contributed by atoms with Crippen LogP contribution in [0.5, 0.6) is 0 Å². The SMILES string of the molecule is C=C[C@@H](CO[Si](C)(C)C(C)(C)C)N(Cc1ccccc1)S(=O)(=O)c1ccccc1[N+](=O)[O-]. The Morgan fingerprint density at radius 1 is 1.12 bits per heavy atom. The Labute approximate surface area is 192 Å². The quantitative estimate of drug-likeness (QED) is 0.199. The van der Waals surface area contributed by atoms with Gasteiger partial charge in [-0.15, -0.1) is 6.58 Å². The molecule has 0 bridgehead atoms. The maximum absolute atomic E-state index is 13.7. The topological polar surface area (TPSA) is 89.8 Å². The molecule has 0 aromatic heterocycles. The Morgan fingerprint density at radius 2 is 1.69 bits per heavy atom. The van der Waals surface area contributed by atoms with Gasteiger partial charge in [0, 0.05) is 12.6 Å². The highest BCUT2D eigenvalue weighted by atomic mass is 32.2. The van der Waals surface area contributed by atoms with Gasteiger partial charge in [-0.1, -0.05) is 69.3 Å². The molecule has 2 rings (SSSR count). The van der Waals surface area contributed by atoms with Gasteiger partial charge in [0.25, 0.3) is 15.7 Å². The Kier molecular flexibility index (Phi) is 8.16. The van der Waals surface area contributed by atoms with Gasteiger partial charge in [0.15, 0.2) is 13.2 Å². The van der Waals surface area contributed by atoms with Crippen LogP contribution in [-0.4, -0.2) is 38.6 Å². The zero-order valence-electron chi connectivity index (χ0n) is 19.3. The van der Waals surface area contributed by atoms with Gasteiger partial charge >= 0.3 is 0 Å². The molecule has 32 heavy (non-hydrogen) atoms. The summed E-state index contributed by atoms with van der Waals surface area (Å²) < 4.78 is 35.0. The lowest BCUT2D eigenvalue weighted by Crippen LogP contribution is -2.47. The van der Waals surface area contributed by atoms with E-state index >= 15 is 0 Å². The number of nitro groups is 1. The van der Waals surface area contributed by atoms with Gasteiger partial charge in [-0.2, -0.15) is 4.31 Å². The highest BCUT2D eigenvalue weighted by Crippen LogP contribution is 2.37. The minimum absolute atomic E-state index is 0.0345. The molecule has 0 radical (unpaired) electrons. The summed E-state index contributed by atoms with van der Waals surface area (Å²) in [6.07, 6.45) is 1.53. The minimum Gasteiger partial charge on any atom is -0.415 e. The lowest BCUT2D eigenvalue weighted by atomic mass is 10.2. The molecule has 9 heteroatoms. The minimum atomic E-state index is -4.23. The zero-order valence-corrected chi connectivity index (χ0v) is 21.1. The Hall–Kier alpha value is -2.33. The molecule has 174 valence electrons. The van der Waals surface area contributed by atoms with E-state index in [1.807, 2.05) is 30.3 Å². The first-order valence-electron chi connectivity index (χ1n) is 10.4. The molecule has 0 aliphatic rings. The summed E-state index contributed by atoms with van der Waals surface area (Å²) in [5.41, 5.74) is 0.299. The summed E-state index contributed by atoms with van der Waals surface area (Å²) in [6, 6.07) is 13.8. The summed E-state index contributed by atoms with van der Waals surface area (Å²) in [6.45, 7) is 14.5. The second-order valence-corrected chi connectivity index (χ2v) is 15.8. The third-order valence-corrected chi connectivity index (χ3v) is 12.3. The van der Waals surface area contributed by atoms with E-state index in [-0.39, 0.29) is 23.1 Å². The molecule has 0 heterocycles. The standard InChI is InChI=1S/C23H32N2O5SSi/c1-7-20(18-30-32(5,6)23(2,3)4)24(17-19-13-9-8-10-14-19)31(28,29)22-16-12-11-15-21(22)25(26)27/h7-16,20H,1,17-18H2,2-6H3/t20-/m0/s1. The molecule has 0 fully saturated rings. The maximum atomic E-state index is 13.7. The molecule has 0 aliphatic carbocycles. The largest absolute Gasteiger partial charge is 0.415 e. The molecule has 2 aromatic carbocycles. The second-order valence-electron chi connectivity index (χ2n) is 9.14. The van der Waals surface area contributed by atoms with E-state index in [1.165, 1.54) is 34.6 Å². The predicted octanol–water partition coefficient (Wildman–Crippen LogP) is 5.36. The van der Waals surface area contributed by atoms with Crippen molar-refractivity contribution in [3.63, 3.8) is 0 Å². The van der Waals surface area contributed by atoms with Crippen molar-refractivity contribution in [3.8, 4) is 0 Å². The zero-order chi connectivity index (χ0) is 24.2. The molecule has 1 atom stereocenters. The average Bonchev–Trinajstić information content (AvgIpc) is 2.73. The van der Waals surface area contributed by atoms with Crippen LogP contribution in [0.4, 0.5) is 5.69 Å². The van der Waals surface area contributed by atoms with E-state index in [4.69, 9.17) is 4.43 Å². The van der Waals surface area contributed by atoms with Crippen molar-refractivity contribution in [2.75, 3.05) is 6.61 Å². The van der Waals surface area contributed by atoms with E-state index in [9.17, 15) is 18.5 Å². The van der Waals surface area contributed by atoms with Crippen LogP contribution in [-0.2, 0) is 21.0 Å². The fourth-order valence-electron chi connectivity index (χ4n) is 2.88. The molecule has 0 N–H and O–H groups in total. The fourth-order valence-corrected chi connectivity index (χ4v) is 5.63. The number of sulfonamides is 1. The molecule has 0 amide bonds. The number of nitrogens with zero attached hydrogens (tertiary/aromatic N) is 2. The smallest absolute Gasteiger partial charge is 0.289 e. The van der Waals surface area contributed by atoms with Crippen molar-refractivity contribution < 1.29 is 17.8 Å². The summed E-state index contributed by atoms with van der Waals surface area (Å²) in [4.78, 5) is 10.5. The van der Waals surface area contributed by atoms with Crippen LogP contribution in [0.15, 0.2) is 72.1 Å². The molecule has 0 unspecified atom stereocenters. The maximum Gasteiger partial charge on any atom is 0.289 e. The van der Waals surface area contributed by atoms with Crippen molar-refractivity contribution in [3.05, 3.63) is 82.9 Å². The third-order valence-electron chi connectivity index (χ3n) is 5.89.